The van der Waals surface area contributed by atoms with Gasteiger partial charge in [0.25, 0.3) is 0 Å². The molecule has 2 fully saturated rings. The van der Waals surface area contributed by atoms with Gasteiger partial charge >= 0.3 is 0 Å². The Morgan fingerprint density at radius 2 is 1.65 bits per heavy atom. The summed E-state index contributed by atoms with van der Waals surface area (Å²) in [5.74, 6) is 2.79. The Labute approximate surface area is 151 Å². The topological polar surface area (TPSA) is 33.7 Å². The van der Waals surface area contributed by atoms with Gasteiger partial charge in [-0.3, -0.25) is 4.90 Å². The summed E-state index contributed by atoms with van der Waals surface area (Å²) >= 11 is 0. The molecule has 0 amide bonds. The number of methoxy groups -OCH3 is 2. The Morgan fingerprint density at radius 1 is 1.09 bits per heavy atom. The van der Waals surface area contributed by atoms with Crippen molar-refractivity contribution in [3.63, 3.8) is 0 Å². The molecule has 132 valence electrons. The maximum atomic E-state index is 5.64. The van der Waals surface area contributed by atoms with Crippen LogP contribution in [0.25, 0.3) is 0 Å². The van der Waals surface area contributed by atoms with E-state index in [4.69, 9.17) is 9.47 Å². The van der Waals surface area contributed by atoms with Crippen LogP contribution in [0.3, 0.4) is 0 Å². The molecule has 3 rings (SSSR count). The van der Waals surface area contributed by atoms with Crippen molar-refractivity contribution in [3.8, 4) is 11.5 Å². The second kappa shape index (κ2) is 9.58. The van der Waals surface area contributed by atoms with E-state index < -0.39 is 0 Å². The number of rotatable bonds is 6. The molecule has 1 N–H and O–H groups in total. The molecule has 0 unspecified atom stereocenters. The van der Waals surface area contributed by atoms with Crippen LogP contribution in [-0.4, -0.2) is 45.3 Å². The average Bonchev–Trinajstić information content (AvgIpc) is 3.37. The van der Waals surface area contributed by atoms with E-state index in [2.05, 4.69) is 22.3 Å². The van der Waals surface area contributed by atoms with E-state index >= 15 is 0 Å². The van der Waals surface area contributed by atoms with Crippen LogP contribution in [0.2, 0.25) is 0 Å². The normalized spacial score (nSPS) is 19.2. The fraction of sp³-hybridized carbons (Fsp3) is 0.647. The molecule has 1 saturated carbocycles. The Bertz CT molecular complexity index is 455. The molecule has 23 heavy (non-hydrogen) atoms. The number of halogens is 2. The zero-order valence-corrected chi connectivity index (χ0v) is 15.5. The molecule has 1 aliphatic heterocycles. The quantitative estimate of drug-likeness (QED) is 0.841. The number of nitrogens with zero attached hydrogens (tertiary/aromatic N) is 1. The van der Waals surface area contributed by atoms with Crippen LogP contribution < -0.4 is 14.8 Å². The van der Waals surface area contributed by atoms with E-state index in [9.17, 15) is 0 Å². The summed E-state index contributed by atoms with van der Waals surface area (Å²) in [5, 5.41) is 3.44. The standard InChI is InChI=1S/C17H26N2O2.2ClH/c1-20-15-4-3-5-16(21-2)17(15)14(12-13-6-7-13)19-10-8-18-9-11-19;;/h3-5,13-14,18H,6-12H2,1-2H3;2*1H/t14-;;/m1../s1. The van der Waals surface area contributed by atoms with Crippen LogP contribution in [0.15, 0.2) is 18.2 Å². The van der Waals surface area contributed by atoms with E-state index in [1.807, 2.05) is 6.07 Å². The molecule has 4 nitrogen and oxygen atoms in total. The van der Waals surface area contributed by atoms with Gasteiger partial charge in [-0.2, -0.15) is 0 Å². The highest BCUT2D eigenvalue weighted by molar-refractivity contribution is 5.85. The molecule has 2 aliphatic rings. The van der Waals surface area contributed by atoms with Crippen molar-refractivity contribution in [1.82, 2.24) is 10.2 Å². The zero-order chi connectivity index (χ0) is 14.7. The maximum absolute atomic E-state index is 5.64. The third-order valence-electron chi connectivity index (χ3n) is 4.65. The molecule has 1 aromatic carbocycles. The van der Waals surface area contributed by atoms with E-state index in [-0.39, 0.29) is 24.8 Å². The molecular formula is C17H28Cl2N2O2. The van der Waals surface area contributed by atoms with E-state index in [0.29, 0.717) is 6.04 Å². The molecule has 0 spiro atoms. The highest BCUT2D eigenvalue weighted by Gasteiger charge is 2.33. The smallest absolute Gasteiger partial charge is 0.127 e. The lowest BCUT2D eigenvalue weighted by Gasteiger charge is -2.36. The van der Waals surface area contributed by atoms with Crippen LogP contribution in [-0.2, 0) is 0 Å². The molecule has 1 heterocycles. The van der Waals surface area contributed by atoms with Crippen molar-refractivity contribution in [2.45, 2.75) is 25.3 Å². The summed E-state index contributed by atoms with van der Waals surface area (Å²) in [4.78, 5) is 2.59. The van der Waals surface area contributed by atoms with Gasteiger partial charge in [0.1, 0.15) is 11.5 Å². The minimum Gasteiger partial charge on any atom is -0.496 e. The van der Waals surface area contributed by atoms with Crippen LogP contribution in [0.5, 0.6) is 11.5 Å². The van der Waals surface area contributed by atoms with Crippen LogP contribution in [0.1, 0.15) is 30.9 Å². The van der Waals surface area contributed by atoms with E-state index in [1.54, 1.807) is 14.2 Å². The third kappa shape index (κ3) is 4.90. The monoisotopic (exact) mass is 362 g/mol. The van der Waals surface area contributed by atoms with Gasteiger partial charge < -0.3 is 14.8 Å². The zero-order valence-electron chi connectivity index (χ0n) is 13.9. The van der Waals surface area contributed by atoms with Crippen molar-refractivity contribution in [2.75, 3.05) is 40.4 Å². The molecule has 0 radical (unpaired) electrons. The first-order chi connectivity index (χ1) is 10.3. The van der Waals surface area contributed by atoms with Crippen molar-refractivity contribution >= 4 is 24.8 Å². The van der Waals surface area contributed by atoms with E-state index in [1.165, 1.54) is 24.8 Å². The molecule has 0 aromatic heterocycles. The third-order valence-corrected chi connectivity index (χ3v) is 4.65. The maximum Gasteiger partial charge on any atom is 0.127 e. The lowest BCUT2D eigenvalue weighted by molar-refractivity contribution is 0.155. The molecule has 1 aliphatic carbocycles. The first kappa shape index (κ1) is 20.4. The number of piperazine rings is 1. The predicted octanol–water partition coefficient (Wildman–Crippen LogP) is 3.29. The average molecular weight is 363 g/mol. The molecule has 1 atom stereocenters. The summed E-state index contributed by atoms with van der Waals surface area (Å²) in [6.07, 6.45) is 3.97. The van der Waals surface area contributed by atoms with Gasteiger partial charge in [0.15, 0.2) is 0 Å². The Hall–Kier alpha value is -0.680. The summed E-state index contributed by atoms with van der Waals surface area (Å²) < 4.78 is 11.3. The molecule has 1 saturated heterocycles. The van der Waals surface area contributed by atoms with Crippen molar-refractivity contribution in [3.05, 3.63) is 23.8 Å². The second-order valence-electron chi connectivity index (χ2n) is 6.06. The van der Waals surface area contributed by atoms with Crippen LogP contribution in [0.4, 0.5) is 0 Å². The van der Waals surface area contributed by atoms with Gasteiger partial charge in [0.05, 0.1) is 19.8 Å². The van der Waals surface area contributed by atoms with Gasteiger partial charge in [-0.05, 0) is 24.5 Å². The lowest BCUT2D eigenvalue weighted by Crippen LogP contribution is -2.45. The van der Waals surface area contributed by atoms with Crippen LogP contribution in [0, 0.1) is 5.92 Å². The molecule has 0 bridgehead atoms. The van der Waals surface area contributed by atoms with Gasteiger partial charge in [-0.15, -0.1) is 24.8 Å². The number of benzene rings is 1. The fourth-order valence-corrected chi connectivity index (χ4v) is 3.32. The van der Waals surface area contributed by atoms with E-state index in [0.717, 1.165) is 43.6 Å². The number of ether oxygens (including phenoxy) is 2. The van der Waals surface area contributed by atoms with Gasteiger partial charge in [-0.1, -0.05) is 18.9 Å². The van der Waals surface area contributed by atoms with Gasteiger partial charge in [-0.25, -0.2) is 0 Å². The van der Waals surface area contributed by atoms with Crippen LogP contribution >= 0.6 is 24.8 Å². The Kier molecular flexibility index (Phi) is 8.48. The van der Waals surface area contributed by atoms with Gasteiger partial charge in [0, 0.05) is 32.2 Å². The predicted molar refractivity (Wildman–Crippen MR) is 98.6 cm³/mol. The first-order valence-corrected chi connectivity index (χ1v) is 7.99. The number of hydrogen-bond acceptors (Lipinski definition) is 4. The summed E-state index contributed by atoms with van der Waals surface area (Å²) in [7, 11) is 3.51. The summed E-state index contributed by atoms with van der Waals surface area (Å²) in [6, 6.07) is 6.53. The second-order valence-corrected chi connectivity index (χ2v) is 6.06. The molecule has 1 aromatic rings. The molecular weight excluding hydrogens is 335 g/mol. The summed E-state index contributed by atoms with van der Waals surface area (Å²) in [5.41, 5.74) is 1.23. The Balaban J connectivity index is 0.00000132. The summed E-state index contributed by atoms with van der Waals surface area (Å²) in [6.45, 7) is 4.33. The molecule has 6 heteroatoms. The first-order valence-electron chi connectivity index (χ1n) is 7.99. The van der Waals surface area contributed by atoms with Gasteiger partial charge in [0.2, 0.25) is 0 Å². The Morgan fingerprint density at radius 3 is 2.13 bits per heavy atom. The number of hydrogen-bond donors (Lipinski definition) is 1. The number of nitrogens with one attached hydrogen (secondary N) is 1. The lowest BCUT2D eigenvalue weighted by atomic mass is 9.96. The fourth-order valence-electron chi connectivity index (χ4n) is 3.32. The van der Waals surface area contributed by atoms with Crippen molar-refractivity contribution < 1.29 is 9.47 Å². The van der Waals surface area contributed by atoms with Crippen molar-refractivity contribution in [1.29, 1.82) is 0 Å². The SMILES string of the molecule is COc1cccc(OC)c1[C@@H](CC1CC1)N1CCNCC1.Cl.Cl. The van der Waals surface area contributed by atoms with Crippen molar-refractivity contribution in [2.24, 2.45) is 5.92 Å². The largest absolute Gasteiger partial charge is 0.496 e. The minimum absolute atomic E-state index is 0. The highest BCUT2D eigenvalue weighted by Crippen LogP contribution is 2.45. The minimum atomic E-state index is 0. The highest BCUT2D eigenvalue weighted by atomic mass is 35.5.